The highest BCUT2D eigenvalue weighted by molar-refractivity contribution is 7.18. The molecule has 3 aromatic rings. The molecule has 0 unspecified atom stereocenters. The Kier molecular flexibility index (Phi) is 4.19. The van der Waals surface area contributed by atoms with Crippen LogP contribution in [0.4, 0.5) is 0 Å². The number of nitrogens with one attached hydrogen (secondary N) is 1. The predicted octanol–water partition coefficient (Wildman–Crippen LogP) is 3.37. The van der Waals surface area contributed by atoms with Crippen LogP contribution in [0.15, 0.2) is 23.1 Å². The van der Waals surface area contributed by atoms with Crippen LogP contribution in [-0.2, 0) is 24.6 Å². The Labute approximate surface area is 154 Å². The molecule has 2 atom stereocenters. The molecule has 0 spiro atoms. The first-order chi connectivity index (χ1) is 12.4. The second-order valence-electron chi connectivity index (χ2n) is 7.03. The maximum Gasteiger partial charge on any atom is 0.355 e. The van der Waals surface area contributed by atoms with E-state index in [0.29, 0.717) is 22.8 Å². The minimum atomic E-state index is -0.632. The van der Waals surface area contributed by atoms with Crippen molar-refractivity contribution >= 4 is 27.5 Å². The van der Waals surface area contributed by atoms with Gasteiger partial charge in [0, 0.05) is 18.1 Å². The van der Waals surface area contributed by atoms with E-state index in [1.54, 1.807) is 48.2 Å². The molecule has 6 nitrogen and oxygen atoms in total. The molecule has 0 radical (unpaired) electrons. The van der Waals surface area contributed by atoms with Gasteiger partial charge in [0.15, 0.2) is 11.9 Å². The lowest BCUT2D eigenvalue weighted by molar-refractivity contribution is 0.0309. The first-order valence-electron chi connectivity index (χ1n) is 8.80. The number of aromatic nitrogens is 3. The van der Waals surface area contributed by atoms with E-state index in [1.807, 2.05) is 0 Å². The monoisotopic (exact) mass is 371 g/mol. The molecule has 1 N–H and O–H groups in total. The second kappa shape index (κ2) is 6.39. The normalized spacial score (nSPS) is 17.9. The fourth-order valence-corrected chi connectivity index (χ4v) is 4.90. The number of fused-ring (bicyclic) bond motifs is 3. The molecule has 136 valence electrons. The highest BCUT2D eigenvalue weighted by Gasteiger charge is 2.24. The summed E-state index contributed by atoms with van der Waals surface area (Å²) in [6.07, 6.45) is 4.18. The van der Waals surface area contributed by atoms with Gasteiger partial charge in [-0.2, -0.15) is 0 Å². The summed E-state index contributed by atoms with van der Waals surface area (Å²) in [6.45, 7) is 3.96. The van der Waals surface area contributed by atoms with Gasteiger partial charge in [0.25, 0.3) is 5.56 Å². The van der Waals surface area contributed by atoms with Crippen molar-refractivity contribution in [1.29, 1.82) is 0 Å². The fraction of sp³-hybridized carbons (Fsp3) is 0.421. The lowest BCUT2D eigenvalue weighted by Gasteiger charge is -2.17. The van der Waals surface area contributed by atoms with Crippen molar-refractivity contribution in [2.45, 2.75) is 39.2 Å². The van der Waals surface area contributed by atoms with Gasteiger partial charge in [0.1, 0.15) is 10.5 Å². The quantitative estimate of drug-likeness (QED) is 0.716. The molecule has 1 aliphatic rings. The molecule has 0 bridgehead atoms. The summed E-state index contributed by atoms with van der Waals surface area (Å²) < 4.78 is 7.19. The maximum absolute atomic E-state index is 12.7. The molecule has 0 saturated heterocycles. The molecule has 0 fully saturated rings. The van der Waals surface area contributed by atoms with Crippen molar-refractivity contribution in [3.8, 4) is 0 Å². The summed E-state index contributed by atoms with van der Waals surface area (Å²) >= 11 is 1.59. The van der Waals surface area contributed by atoms with E-state index in [2.05, 4.69) is 16.9 Å². The molecule has 0 saturated carbocycles. The Morgan fingerprint density at radius 3 is 3.04 bits per heavy atom. The number of nitrogens with zero attached hydrogens (tertiary/aromatic N) is 2. The molecular formula is C19H21N3O3S. The molecule has 4 rings (SSSR count). The molecule has 0 aliphatic heterocycles. The van der Waals surface area contributed by atoms with Gasteiger partial charge in [-0.15, -0.1) is 11.3 Å². The Morgan fingerprint density at radius 2 is 2.31 bits per heavy atom. The number of hydrogen-bond acceptors (Lipinski definition) is 5. The van der Waals surface area contributed by atoms with Gasteiger partial charge in [0.05, 0.1) is 5.39 Å². The predicted molar refractivity (Wildman–Crippen MR) is 101 cm³/mol. The van der Waals surface area contributed by atoms with E-state index in [9.17, 15) is 9.59 Å². The van der Waals surface area contributed by atoms with Gasteiger partial charge in [-0.25, -0.2) is 9.78 Å². The Balaban J connectivity index is 1.66. The summed E-state index contributed by atoms with van der Waals surface area (Å²) in [5.41, 5.74) is 1.47. The first kappa shape index (κ1) is 17.0. The van der Waals surface area contributed by atoms with Crippen molar-refractivity contribution < 1.29 is 9.53 Å². The number of H-pyrrole nitrogens is 1. The summed E-state index contributed by atoms with van der Waals surface area (Å²) in [4.78, 5) is 34.4. The van der Waals surface area contributed by atoms with E-state index in [4.69, 9.17) is 4.74 Å². The highest BCUT2D eigenvalue weighted by Crippen LogP contribution is 2.36. The smallest absolute Gasteiger partial charge is 0.355 e. The lowest BCUT2D eigenvalue weighted by Crippen LogP contribution is -2.19. The van der Waals surface area contributed by atoms with Crippen LogP contribution in [0.25, 0.3) is 10.2 Å². The zero-order valence-corrected chi connectivity index (χ0v) is 15.9. The van der Waals surface area contributed by atoms with Crippen LogP contribution in [0.1, 0.15) is 53.1 Å². The summed E-state index contributed by atoms with van der Waals surface area (Å²) in [7, 11) is 1.78. The zero-order valence-electron chi connectivity index (χ0n) is 15.0. The minimum Gasteiger partial charge on any atom is -0.450 e. The van der Waals surface area contributed by atoms with Crippen molar-refractivity contribution in [3.63, 3.8) is 0 Å². The standard InChI is InChI=1S/C19H21N3O3S/c1-10-6-7-12-14(9-10)26-18-15(12)17(23)20-16(21-18)11(2)25-19(24)13-5-4-8-22(13)3/h4-5,8,10-11H,6-7,9H2,1-3H3,(H,20,21,23)/t10-,11+/m1/s1. The van der Waals surface area contributed by atoms with Crippen LogP contribution in [0.2, 0.25) is 0 Å². The third kappa shape index (κ3) is 2.86. The Bertz CT molecular complexity index is 1050. The molecular weight excluding hydrogens is 350 g/mol. The summed E-state index contributed by atoms with van der Waals surface area (Å²) in [5, 5.41) is 0.710. The summed E-state index contributed by atoms with van der Waals surface area (Å²) in [6, 6.07) is 3.48. The van der Waals surface area contributed by atoms with Gasteiger partial charge < -0.3 is 14.3 Å². The third-order valence-electron chi connectivity index (χ3n) is 5.01. The largest absolute Gasteiger partial charge is 0.450 e. The van der Waals surface area contributed by atoms with Crippen molar-refractivity contribution in [2.75, 3.05) is 0 Å². The van der Waals surface area contributed by atoms with Crippen LogP contribution in [0.5, 0.6) is 0 Å². The van der Waals surface area contributed by atoms with E-state index in [1.165, 1.54) is 4.88 Å². The van der Waals surface area contributed by atoms with E-state index in [0.717, 1.165) is 29.7 Å². The van der Waals surface area contributed by atoms with Crippen LogP contribution in [0, 0.1) is 5.92 Å². The van der Waals surface area contributed by atoms with Gasteiger partial charge in [-0.05, 0) is 49.8 Å². The SMILES string of the molecule is C[C@@H]1CCc2c(sc3nc([C@H](C)OC(=O)c4cccn4C)[nH]c(=O)c23)C1. The maximum atomic E-state index is 12.7. The van der Waals surface area contributed by atoms with E-state index in [-0.39, 0.29) is 5.56 Å². The topological polar surface area (TPSA) is 77.0 Å². The highest BCUT2D eigenvalue weighted by atomic mass is 32.1. The van der Waals surface area contributed by atoms with Gasteiger partial charge in [-0.3, -0.25) is 4.79 Å². The lowest BCUT2D eigenvalue weighted by atomic mass is 9.89. The van der Waals surface area contributed by atoms with Crippen LogP contribution in [-0.4, -0.2) is 20.5 Å². The van der Waals surface area contributed by atoms with Crippen molar-refractivity contribution in [2.24, 2.45) is 13.0 Å². The number of thiophene rings is 1. The molecule has 26 heavy (non-hydrogen) atoms. The number of aromatic amines is 1. The minimum absolute atomic E-state index is 0.140. The number of ether oxygens (including phenoxy) is 1. The number of rotatable bonds is 3. The van der Waals surface area contributed by atoms with Gasteiger partial charge in [0.2, 0.25) is 0 Å². The second-order valence-corrected chi connectivity index (χ2v) is 8.12. The molecule has 7 heteroatoms. The number of esters is 1. The van der Waals surface area contributed by atoms with E-state index < -0.39 is 12.1 Å². The zero-order chi connectivity index (χ0) is 18.4. The molecule has 3 heterocycles. The first-order valence-corrected chi connectivity index (χ1v) is 9.62. The number of aryl methyl sites for hydroxylation is 2. The Morgan fingerprint density at radius 1 is 1.50 bits per heavy atom. The average Bonchev–Trinajstić information content (AvgIpc) is 3.17. The van der Waals surface area contributed by atoms with Crippen LogP contribution < -0.4 is 5.56 Å². The fourth-order valence-electron chi connectivity index (χ4n) is 3.51. The Hall–Kier alpha value is -2.41. The van der Waals surface area contributed by atoms with Gasteiger partial charge >= 0.3 is 5.97 Å². The van der Waals surface area contributed by atoms with Crippen LogP contribution in [0.3, 0.4) is 0 Å². The number of hydrogen-bond donors (Lipinski definition) is 1. The van der Waals surface area contributed by atoms with Gasteiger partial charge in [-0.1, -0.05) is 6.92 Å². The number of carbonyl (C=O) groups excluding carboxylic acids is 1. The summed E-state index contributed by atoms with van der Waals surface area (Å²) in [5.74, 6) is 0.586. The molecule has 0 aromatic carbocycles. The van der Waals surface area contributed by atoms with Crippen molar-refractivity contribution in [1.82, 2.24) is 14.5 Å². The van der Waals surface area contributed by atoms with E-state index >= 15 is 0 Å². The van der Waals surface area contributed by atoms with Crippen LogP contribution >= 0.6 is 11.3 Å². The molecule has 1 aliphatic carbocycles. The average molecular weight is 371 g/mol. The number of carbonyl (C=O) groups is 1. The van der Waals surface area contributed by atoms with Crippen molar-refractivity contribution in [3.05, 3.63) is 50.6 Å². The molecule has 0 amide bonds. The third-order valence-corrected chi connectivity index (χ3v) is 6.15. The molecule has 3 aromatic heterocycles.